The smallest absolute Gasteiger partial charge is 0.125 e. The number of rotatable bonds is 7. The Balaban J connectivity index is 1.39. The molecule has 158 valence electrons. The van der Waals surface area contributed by atoms with E-state index in [1.807, 2.05) is 37.5 Å². The zero-order valence-corrected chi connectivity index (χ0v) is 17.3. The van der Waals surface area contributed by atoms with Gasteiger partial charge in [0.1, 0.15) is 5.82 Å². The minimum Gasteiger partial charge on any atom is -0.396 e. The summed E-state index contributed by atoms with van der Waals surface area (Å²) in [6.45, 7) is 6.53. The number of piperazine rings is 1. The van der Waals surface area contributed by atoms with Crippen LogP contribution in [0.25, 0.3) is 5.69 Å². The number of aromatic nitrogens is 3. The van der Waals surface area contributed by atoms with Crippen molar-refractivity contribution in [2.24, 2.45) is 0 Å². The second kappa shape index (κ2) is 9.47. The van der Waals surface area contributed by atoms with Crippen LogP contribution in [0, 0.1) is 12.7 Å². The maximum atomic E-state index is 13.5. The van der Waals surface area contributed by atoms with Crippen LogP contribution in [0.5, 0.6) is 0 Å². The lowest BCUT2D eigenvalue weighted by atomic mass is 10.1. The summed E-state index contributed by atoms with van der Waals surface area (Å²) >= 11 is 0. The predicted molar refractivity (Wildman–Crippen MR) is 114 cm³/mol. The molecule has 0 radical (unpaired) electrons. The first-order chi connectivity index (χ1) is 14.6. The second-order valence-corrected chi connectivity index (χ2v) is 7.92. The molecule has 1 aromatic carbocycles. The SMILES string of the molecule is Cc1cccc(CN2CCN(Cc3cnn(-c4cccc(F)c4)c3)CC2CCO)n1. The summed E-state index contributed by atoms with van der Waals surface area (Å²) < 4.78 is 15.2. The molecule has 3 heterocycles. The number of aryl methyl sites for hydroxylation is 1. The first kappa shape index (κ1) is 20.7. The van der Waals surface area contributed by atoms with Gasteiger partial charge in [-0.05, 0) is 43.7 Å². The van der Waals surface area contributed by atoms with E-state index in [0.29, 0.717) is 0 Å². The molecule has 1 aliphatic rings. The summed E-state index contributed by atoms with van der Waals surface area (Å²) in [5, 5.41) is 14.0. The fraction of sp³-hybridized carbons (Fsp3) is 0.391. The third-order valence-corrected chi connectivity index (χ3v) is 5.58. The molecule has 1 atom stereocenters. The van der Waals surface area contributed by atoms with Gasteiger partial charge in [-0.3, -0.25) is 14.8 Å². The lowest BCUT2D eigenvalue weighted by molar-refractivity contribution is 0.0491. The number of benzene rings is 1. The van der Waals surface area contributed by atoms with Gasteiger partial charge in [0.05, 0.1) is 17.6 Å². The van der Waals surface area contributed by atoms with Gasteiger partial charge in [0.25, 0.3) is 0 Å². The summed E-state index contributed by atoms with van der Waals surface area (Å²) in [7, 11) is 0. The average Bonchev–Trinajstić information content (AvgIpc) is 3.19. The molecule has 0 spiro atoms. The van der Waals surface area contributed by atoms with Crippen LogP contribution in [0.1, 0.15) is 23.4 Å². The van der Waals surface area contributed by atoms with Gasteiger partial charge >= 0.3 is 0 Å². The van der Waals surface area contributed by atoms with E-state index in [0.717, 1.165) is 61.8 Å². The minimum atomic E-state index is -0.268. The van der Waals surface area contributed by atoms with Gasteiger partial charge in [-0.2, -0.15) is 5.10 Å². The van der Waals surface area contributed by atoms with Crippen molar-refractivity contribution in [3.63, 3.8) is 0 Å². The van der Waals surface area contributed by atoms with Crippen LogP contribution in [-0.2, 0) is 13.1 Å². The lowest BCUT2D eigenvalue weighted by Gasteiger charge is -2.41. The largest absolute Gasteiger partial charge is 0.396 e. The number of hydrogen-bond donors (Lipinski definition) is 1. The summed E-state index contributed by atoms with van der Waals surface area (Å²) in [5.41, 5.74) is 3.91. The normalized spacial score (nSPS) is 18.0. The second-order valence-electron chi connectivity index (χ2n) is 7.92. The first-order valence-corrected chi connectivity index (χ1v) is 10.4. The number of hydrogen-bond acceptors (Lipinski definition) is 5. The number of aliphatic hydroxyl groups is 1. The highest BCUT2D eigenvalue weighted by molar-refractivity contribution is 5.31. The molecule has 7 heteroatoms. The maximum absolute atomic E-state index is 13.5. The fourth-order valence-electron chi connectivity index (χ4n) is 4.09. The van der Waals surface area contributed by atoms with Crippen molar-refractivity contribution in [2.45, 2.75) is 32.5 Å². The summed E-state index contributed by atoms with van der Waals surface area (Å²) in [6.07, 6.45) is 4.54. The van der Waals surface area contributed by atoms with E-state index in [4.69, 9.17) is 0 Å². The molecule has 0 bridgehead atoms. The van der Waals surface area contributed by atoms with Gasteiger partial charge < -0.3 is 5.11 Å². The summed E-state index contributed by atoms with van der Waals surface area (Å²) in [5.74, 6) is -0.268. The van der Waals surface area contributed by atoms with E-state index in [9.17, 15) is 9.50 Å². The Morgan fingerprint density at radius 3 is 2.80 bits per heavy atom. The highest BCUT2D eigenvalue weighted by atomic mass is 19.1. The standard InChI is InChI=1S/C23H28FN5O/c1-18-4-2-6-21(26-18)16-28-10-9-27(17-23(28)8-11-30)14-19-13-25-29(15-19)22-7-3-5-20(24)12-22/h2-7,12-13,15,23,30H,8-11,14,16-17H2,1H3. The Hall–Kier alpha value is -2.61. The Labute approximate surface area is 176 Å². The van der Waals surface area contributed by atoms with Crippen LogP contribution in [-0.4, -0.2) is 62.0 Å². The van der Waals surface area contributed by atoms with Crippen molar-refractivity contribution in [1.82, 2.24) is 24.6 Å². The summed E-state index contributed by atoms with van der Waals surface area (Å²) in [6, 6.07) is 12.8. The van der Waals surface area contributed by atoms with Gasteiger partial charge in [-0.15, -0.1) is 0 Å². The van der Waals surface area contributed by atoms with Crippen LogP contribution in [0.4, 0.5) is 4.39 Å². The van der Waals surface area contributed by atoms with Crippen LogP contribution in [0.15, 0.2) is 54.9 Å². The Kier molecular flexibility index (Phi) is 6.52. The van der Waals surface area contributed by atoms with Crippen molar-refractivity contribution < 1.29 is 9.50 Å². The lowest BCUT2D eigenvalue weighted by Crippen LogP contribution is -2.52. The van der Waals surface area contributed by atoms with E-state index in [1.165, 1.54) is 12.1 Å². The van der Waals surface area contributed by atoms with Crippen LogP contribution >= 0.6 is 0 Å². The van der Waals surface area contributed by atoms with E-state index in [1.54, 1.807) is 10.7 Å². The molecule has 0 saturated carbocycles. The van der Waals surface area contributed by atoms with Crippen molar-refractivity contribution in [2.75, 3.05) is 26.2 Å². The monoisotopic (exact) mass is 409 g/mol. The zero-order chi connectivity index (χ0) is 20.9. The molecule has 30 heavy (non-hydrogen) atoms. The number of nitrogens with zero attached hydrogens (tertiary/aromatic N) is 5. The quantitative estimate of drug-likeness (QED) is 0.650. The van der Waals surface area contributed by atoms with E-state index >= 15 is 0 Å². The van der Waals surface area contributed by atoms with Gasteiger partial charge in [0.15, 0.2) is 0 Å². The van der Waals surface area contributed by atoms with Crippen LogP contribution in [0.2, 0.25) is 0 Å². The average molecular weight is 410 g/mol. The van der Waals surface area contributed by atoms with Gasteiger partial charge in [0.2, 0.25) is 0 Å². The molecule has 6 nitrogen and oxygen atoms in total. The van der Waals surface area contributed by atoms with Crippen LogP contribution < -0.4 is 0 Å². The fourth-order valence-corrected chi connectivity index (χ4v) is 4.09. The highest BCUT2D eigenvalue weighted by Crippen LogP contribution is 2.19. The Morgan fingerprint density at radius 1 is 1.13 bits per heavy atom. The molecule has 2 aromatic heterocycles. The maximum Gasteiger partial charge on any atom is 0.125 e. The van der Waals surface area contributed by atoms with Gasteiger partial charge in [-0.25, -0.2) is 9.07 Å². The summed E-state index contributed by atoms with van der Waals surface area (Å²) in [4.78, 5) is 9.45. The molecule has 0 aliphatic carbocycles. The molecule has 1 unspecified atom stereocenters. The molecule has 1 saturated heterocycles. The van der Waals surface area contributed by atoms with E-state index in [2.05, 4.69) is 25.9 Å². The molecule has 1 N–H and O–H groups in total. The van der Waals surface area contributed by atoms with E-state index in [-0.39, 0.29) is 18.5 Å². The molecule has 1 aliphatic heterocycles. The molecule has 1 fully saturated rings. The number of halogens is 1. The molecular weight excluding hydrogens is 381 g/mol. The van der Waals surface area contributed by atoms with E-state index < -0.39 is 0 Å². The molecule has 4 rings (SSSR count). The highest BCUT2D eigenvalue weighted by Gasteiger charge is 2.27. The van der Waals surface area contributed by atoms with Crippen molar-refractivity contribution in [3.05, 3.63) is 77.6 Å². The number of pyridine rings is 1. The third-order valence-electron chi connectivity index (χ3n) is 5.58. The first-order valence-electron chi connectivity index (χ1n) is 10.4. The van der Waals surface area contributed by atoms with Crippen molar-refractivity contribution in [3.8, 4) is 5.69 Å². The molecule has 0 amide bonds. The Morgan fingerprint density at radius 2 is 2.00 bits per heavy atom. The van der Waals surface area contributed by atoms with Gasteiger partial charge in [-0.1, -0.05) is 12.1 Å². The predicted octanol–water partition coefficient (Wildman–Crippen LogP) is 2.78. The van der Waals surface area contributed by atoms with Gasteiger partial charge in [0, 0.05) is 62.8 Å². The number of aliphatic hydroxyl groups excluding tert-OH is 1. The molecule has 3 aromatic rings. The van der Waals surface area contributed by atoms with Crippen molar-refractivity contribution >= 4 is 0 Å². The zero-order valence-electron chi connectivity index (χ0n) is 17.3. The Bertz CT molecular complexity index is 975. The minimum absolute atomic E-state index is 0.174. The topological polar surface area (TPSA) is 57.4 Å². The van der Waals surface area contributed by atoms with Crippen LogP contribution in [0.3, 0.4) is 0 Å². The third kappa shape index (κ3) is 5.11. The van der Waals surface area contributed by atoms with Crippen molar-refractivity contribution in [1.29, 1.82) is 0 Å². The molecular formula is C23H28FN5O.